The number of nitrogens with zero attached hydrogens (tertiary/aromatic N) is 2. The minimum Gasteiger partial charge on any atom is -0.372 e. The molecule has 3 rings (SSSR count). The van der Waals surface area contributed by atoms with Crippen LogP contribution in [-0.2, 0) is 9.59 Å². The van der Waals surface area contributed by atoms with Gasteiger partial charge in [0.2, 0.25) is 11.8 Å². The largest absolute Gasteiger partial charge is 0.372 e. The van der Waals surface area contributed by atoms with Crippen LogP contribution >= 0.6 is 0 Å². The molecule has 5 heteroatoms. The zero-order valence-electron chi connectivity index (χ0n) is 16.8. The smallest absolute Gasteiger partial charge is 0.226 e. The highest BCUT2D eigenvalue weighted by molar-refractivity contribution is 5.94. The second-order valence-electron chi connectivity index (χ2n) is 7.40. The van der Waals surface area contributed by atoms with Gasteiger partial charge in [-0.2, -0.15) is 0 Å². The molecule has 0 atom stereocenters. The van der Waals surface area contributed by atoms with Crippen LogP contribution in [0.5, 0.6) is 0 Å². The summed E-state index contributed by atoms with van der Waals surface area (Å²) in [6.07, 6.45) is 4.05. The number of hydrogen-bond donors (Lipinski definition) is 1. The first-order chi connectivity index (χ1) is 13.5. The van der Waals surface area contributed by atoms with Gasteiger partial charge in [0.15, 0.2) is 0 Å². The van der Waals surface area contributed by atoms with E-state index in [1.165, 1.54) is 31.9 Å². The van der Waals surface area contributed by atoms with Gasteiger partial charge in [0.25, 0.3) is 0 Å². The molecule has 2 amide bonds. The summed E-state index contributed by atoms with van der Waals surface area (Å²) in [6, 6.07) is 15.8. The Morgan fingerprint density at radius 3 is 2.21 bits per heavy atom. The van der Waals surface area contributed by atoms with Crippen LogP contribution in [0.4, 0.5) is 17.1 Å². The summed E-state index contributed by atoms with van der Waals surface area (Å²) < 4.78 is 0. The molecule has 0 aliphatic carbocycles. The van der Waals surface area contributed by atoms with Gasteiger partial charge in [0.1, 0.15) is 0 Å². The molecule has 5 nitrogen and oxygen atoms in total. The van der Waals surface area contributed by atoms with Gasteiger partial charge in [-0.1, -0.05) is 17.7 Å². The summed E-state index contributed by atoms with van der Waals surface area (Å²) in [5, 5.41) is 2.93. The summed E-state index contributed by atoms with van der Waals surface area (Å²) in [6.45, 7) is 6.09. The number of anilines is 3. The maximum Gasteiger partial charge on any atom is 0.226 e. The molecule has 148 valence electrons. The zero-order chi connectivity index (χ0) is 19.9. The fourth-order valence-electron chi connectivity index (χ4n) is 3.54. The van der Waals surface area contributed by atoms with E-state index in [0.29, 0.717) is 6.54 Å². The second kappa shape index (κ2) is 9.40. The Balaban J connectivity index is 1.54. The van der Waals surface area contributed by atoms with Crippen molar-refractivity contribution in [1.29, 1.82) is 0 Å². The van der Waals surface area contributed by atoms with E-state index in [1.807, 2.05) is 43.3 Å². The number of carbonyl (C=O) groups excluding carboxylic acids is 2. The number of rotatable bonds is 6. The first-order valence-electron chi connectivity index (χ1n) is 10.0. The van der Waals surface area contributed by atoms with Crippen LogP contribution in [0.1, 0.15) is 38.2 Å². The molecule has 1 saturated heterocycles. The number of amides is 2. The molecule has 0 spiro atoms. The van der Waals surface area contributed by atoms with E-state index in [-0.39, 0.29) is 18.2 Å². The minimum atomic E-state index is -0.0934. The summed E-state index contributed by atoms with van der Waals surface area (Å²) in [5.74, 6) is -0.161. The van der Waals surface area contributed by atoms with E-state index < -0.39 is 0 Å². The van der Waals surface area contributed by atoms with Crippen molar-refractivity contribution in [2.24, 2.45) is 0 Å². The molecule has 2 aromatic carbocycles. The normalized spacial score (nSPS) is 13.9. The van der Waals surface area contributed by atoms with E-state index in [9.17, 15) is 9.59 Å². The molecule has 1 heterocycles. The van der Waals surface area contributed by atoms with Crippen molar-refractivity contribution >= 4 is 28.9 Å². The van der Waals surface area contributed by atoms with Gasteiger partial charge < -0.3 is 15.1 Å². The summed E-state index contributed by atoms with van der Waals surface area (Å²) in [4.78, 5) is 28.4. The van der Waals surface area contributed by atoms with Crippen LogP contribution in [0.2, 0.25) is 0 Å². The van der Waals surface area contributed by atoms with Gasteiger partial charge in [-0.15, -0.1) is 0 Å². The van der Waals surface area contributed by atoms with E-state index in [1.54, 1.807) is 4.90 Å². The highest BCUT2D eigenvalue weighted by Crippen LogP contribution is 2.22. The Morgan fingerprint density at radius 1 is 0.964 bits per heavy atom. The Hall–Kier alpha value is -2.82. The Labute approximate surface area is 167 Å². The monoisotopic (exact) mass is 379 g/mol. The van der Waals surface area contributed by atoms with Gasteiger partial charge in [-0.3, -0.25) is 9.59 Å². The molecule has 0 saturated carbocycles. The lowest BCUT2D eigenvalue weighted by Crippen LogP contribution is -2.32. The van der Waals surface area contributed by atoms with E-state index in [2.05, 4.69) is 22.3 Å². The summed E-state index contributed by atoms with van der Waals surface area (Å²) in [7, 11) is 0. The number of aryl methyl sites for hydroxylation is 1. The van der Waals surface area contributed by atoms with Crippen molar-refractivity contribution in [1.82, 2.24) is 0 Å². The van der Waals surface area contributed by atoms with Crippen LogP contribution in [0.25, 0.3) is 0 Å². The Kier molecular flexibility index (Phi) is 6.69. The van der Waals surface area contributed by atoms with E-state index in [4.69, 9.17) is 0 Å². The number of hydrogen-bond acceptors (Lipinski definition) is 3. The second-order valence-corrected chi connectivity index (χ2v) is 7.40. The van der Waals surface area contributed by atoms with Gasteiger partial charge in [-0.25, -0.2) is 0 Å². The molecule has 1 aliphatic heterocycles. The topological polar surface area (TPSA) is 52.7 Å². The number of benzene rings is 2. The quantitative estimate of drug-likeness (QED) is 0.811. The number of nitrogens with one attached hydrogen (secondary N) is 1. The number of piperidine rings is 1. The van der Waals surface area contributed by atoms with E-state index >= 15 is 0 Å². The van der Waals surface area contributed by atoms with Crippen LogP contribution in [0, 0.1) is 6.92 Å². The van der Waals surface area contributed by atoms with E-state index in [0.717, 1.165) is 30.0 Å². The third-order valence-electron chi connectivity index (χ3n) is 5.16. The molecule has 0 aromatic heterocycles. The Morgan fingerprint density at radius 2 is 1.61 bits per heavy atom. The molecule has 0 unspecified atom stereocenters. The van der Waals surface area contributed by atoms with Crippen LogP contribution in [-0.4, -0.2) is 31.4 Å². The molecule has 2 aromatic rings. The SMILES string of the molecule is CC(=O)N(CCC(=O)Nc1ccc(N2CCCCC2)cc1)c1ccc(C)cc1. The van der Waals surface area contributed by atoms with Gasteiger partial charge in [-0.05, 0) is 62.6 Å². The molecular formula is C23H29N3O2. The molecule has 0 radical (unpaired) electrons. The third-order valence-corrected chi connectivity index (χ3v) is 5.16. The lowest BCUT2D eigenvalue weighted by atomic mass is 10.1. The first kappa shape index (κ1) is 19.9. The Bertz CT molecular complexity index is 794. The average Bonchev–Trinajstić information content (AvgIpc) is 2.70. The van der Waals surface area contributed by atoms with Gasteiger partial charge in [0.05, 0.1) is 0 Å². The predicted octanol–water partition coefficient (Wildman–Crippen LogP) is 4.37. The molecular weight excluding hydrogens is 350 g/mol. The standard InChI is InChI=1S/C23H29N3O2/c1-18-6-10-22(11-7-18)26(19(2)27)17-14-23(28)24-20-8-12-21(13-9-20)25-15-4-3-5-16-25/h6-13H,3-5,14-17H2,1-2H3,(H,24,28). The van der Waals surface area contributed by atoms with Crippen molar-refractivity contribution in [3.05, 3.63) is 54.1 Å². The van der Waals surface area contributed by atoms with Crippen molar-refractivity contribution in [2.45, 2.75) is 39.5 Å². The molecule has 1 fully saturated rings. The lowest BCUT2D eigenvalue weighted by molar-refractivity contribution is -0.117. The van der Waals surface area contributed by atoms with Crippen molar-refractivity contribution < 1.29 is 9.59 Å². The minimum absolute atomic E-state index is 0.0671. The maximum absolute atomic E-state index is 12.4. The predicted molar refractivity (Wildman–Crippen MR) is 115 cm³/mol. The van der Waals surface area contributed by atoms with Crippen molar-refractivity contribution in [3.63, 3.8) is 0 Å². The van der Waals surface area contributed by atoms with Crippen LogP contribution in [0.3, 0.4) is 0 Å². The summed E-state index contributed by atoms with van der Waals surface area (Å²) in [5.41, 5.74) is 3.95. The third kappa shape index (κ3) is 5.35. The van der Waals surface area contributed by atoms with Gasteiger partial charge in [0, 0.05) is 50.0 Å². The summed E-state index contributed by atoms with van der Waals surface area (Å²) >= 11 is 0. The molecule has 1 aliphatic rings. The lowest BCUT2D eigenvalue weighted by Gasteiger charge is -2.28. The fraction of sp³-hybridized carbons (Fsp3) is 0.391. The molecule has 0 bridgehead atoms. The van der Waals surface area contributed by atoms with Crippen LogP contribution in [0.15, 0.2) is 48.5 Å². The first-order valence-corrected chi connectivity index (χ1v) is 10.0. The zero-order valence-corrected chi connectivity index (χ0v) is 16.8. The van der Waals surface area contributed by atoms with Crippen molar-refractivity contribution in [3.8, 4) is 0 Å². The highest BCUT2D eigenvalue weighted by Gasteiger charge is 2.14. The fourth-order valence-corrected chi connectivity index (χ4v) is 3.54. The number of carbonyl (C=O) groups is 2. The van der Waals surface area contributed by atoms with Crippen LogP contribution < -0.4 is 15.1 Å². The van der Waals surface area contributed by atoms with Gasteiger partial charge >= 0.3 is 0 Å². The molecule has 1 N–H and O–H groups in total. The average molecular weight is 380 g/mol. The maximum atomic E-state index is 12.4. The van der Waals surface area contributed by atoms with Crippen molar-refractivity contribution in [2.75, 3.05) is 34.8 Å². The highest BCUT2D eigenvalue weighted by atomic mass is 16.2. The molecule has 28 heavy (non-hydrogen) atoms.